The minimum absolute atomic E-state index is 0.121. The molecule has 3 rings (SSSR count). The number of nitrogens with one attached hydrogen (secondary N) is 1. The lowest BCUT2D eigenvalue weighted by Crippen LogP contribution is -2.42. The molecule has 1 aromatic carbocycles. The molecule has 0 saturated carbocycles. The molecule has 0 atom stereocenters. The third-order valence-electron chi connectivity index (χ3n) is 4.62. The molecule has 1 aliphatic heterocycles. The van der Waals surface area contributed by atoms with Gasteiger partial charge >= 0.3 is 6.18 Å². The van der Waals surface area contributed by atoms with Crippen molar-refractivity contribution in [3.63, 3.8) is 0 Å². The maximum absolute atomic E-state index is 12.7. The summed E-state index contributed by atoms with van der Waals surface area (Å²) in [4.78, 5) is 4.01. The zero-order valence-electron chi connectivity index (χ0n) is 15.0. The Morgan fingerprint density at radius 2 is 1.79 bits per heavy atom. The van der Waals surface area contributed by atoms with Crippen LogP contribution in [0, 0.1) is 6.92 Å². The van der Waals surface area contributed by atoms with Crippen molar-refractivity contribution < 1.29 is 21.6 Å². The molecule has 5 nitrogen and oxygen atoms in total. The van der Waals surface area contributed by atoms with Gasteiger partial charge in [-0.15, -0.1) is 0 Å². The van der Waals surface area contributed by atoms with E-state index < -0.39 is 21.8 Å². The molecule has 28 heavy (non-hydrogen) atoms. The molecule has 2 aromatic rings. The summed E-state index contributed by atoms with van der Waals surface area (Å²) in [5.41, 5.74) is 0.0600. The van der Waals surface area contributed by atoms with E-state index in [-0.39, 0.29) is 21.8 Å². The fourth-order valence-electron chi connectivity index (χ4n) is 2.99. The topological polar surface area (TPSA) is 62.3 Å². The van der Waals surface area contributed by atoms with Crippen molar-refractivity contribution in [1.29, 1.82) is 0 Å². The highest BCUT2D eigenvalue weighted by molar-refractivity contribution is 7.89. The lowest BCUT2D eigenvalue weighted by atomic mass is 10.1. The van der Waals surface area contributed by atoms with E-state index in [4.69, 9.17) is 11.6 Å². The van der Waals surface area contributed by atoms with Gasteiger partial charge in [0.2, 0.25) is 10.0 Å². The van der Waals surface area contributed by atoms with Crippen molar-refractivity contribution in [2.75, 3.05) is 18.4 Å². The summed E-state index contributed by atoms with van der Waals surface area (Å²) in [7, 11) is -3.57. The van der Waals surface area contributed by atoms with E-state index >= 15 is 0 Å². The Balaban J connectivity index is 1.64. The summed E-state index contributed by atoms with van der Waals surface area (Å²) >= 11 is 5.92. The van der Waals surface area contributed by atoms with Gasteiger partial charge in [0, 0.05) is 25.3 Å². The van der Waals surface area contributed by atoms with E-state index in [1.165, 1.54) is 4.31 Å². The zero-order chi connectivity index (χ0) is 20.5. The lowest BCUT2D eigenvalue weighted by Gasteiger charge is -2.32. The summed E-state index contributed by atoms with van der Waals surface area (Å²) in [6.07, 6.45) is -2.80. The molecule has 0 radical (unpaired) electrons. The second-order valence-corrected chi connectivity index (χ2v) is 9.03. The average molecular weight is 434 g/mol. The van der Waals surface area contributed by atoms with Crippen LogP contribution in [0.5, 0.6) is 0 Å². The SMILES string of the molecule is Cc1ccc(S(=O)(=O)N2CCC(Nc3ncc(C(F)(F)F)cc3Cl)CC2)cc1. The Kier molecular flexibility index (Phi) is 5.88. The number of pyridine rings is 1. The fourth-order valence-corrected chi connectivity index (χ4v) is 4.68. The molecule has 1 saturated heterocycles. The average Bonchev–Trinajstić information content (AvgIpc) is 2.63. The van der Waals surface area contributed by atoms with Gasteiger partial charge in [-0.3, -0.25) is 0 Å². The Morgan fingerprint density at radius 1 is 1.18 bits per heavy atom. The number of rotatable bonds is 4. The number of sulfonamides is 1. The summed E-state index contributed by atoms with van der Waals surface area (Å²) in [5, 5.41) is 2.89. The van der Waals surface area contributed by atoms with Crippen LogP contribution in [0.2, 0.25) is 5.02 Å². The van der Waals surface area contributed by atoms with Crippen molar-refractivity contribution >= 4 is 27.4 Å². The number of aryl methyl sites for hydroxylation is 1. The van der Waals surface area contributed by atoms with Crippen LogP contribution >= 0.6 is 11.6 Å². The highest BCUT2D eigenvalue weighted by Crippen LogP contribution is 2.33. The number of anilines is 1. The van der Waals surface area contributed by atoms with E-state index in [1.807, 2.05) is 6.92 Å². The highest BCUT2D eigenvalue weighted by Gasteiger charge is 2.32. The first kappa shape index (κ1) is 20.9. The molecule has 2 heterocycles. The first-order valence-corrected chi connectivity index (χ1v) is 10.5. The largest absolute Gasteiger partial charge is 0.417 e. The van der Waals surface area contributed by atoms with Gasteiger partial charge in [0.1, 0.15) is 5.82 Å². The van der Waals surface area contributed by atoms with Crippen LogP contribution in [0.25, 0.3) is 0 Å². The van der Waals surface area contributed by atoms with Crippen molar-refractivity contribution in [2.45, 2.75) is 36.9 Å². The highest BCUT2D eigenvalue weighted by atomic mass is 35.5. The number of halogens is 4. The second-order valence-electron chi connectivity index (χ2n) is 6.69. The van der Waals surface area contributed by atoms with Crippen molar-refractivity contribution in [3.05, 3.63) is 52.7 Å². The Bertz CT molecular complexity index is 942. The van der Waals surface area contributed by atoms with Gasteiger partial charge in [-0.2, -0.15) is 17.5 Å². The summed E-state index contributed by atoms with van der Waals surface area (Å²) < 4.78 is 64.9. The molecule has 1 aliphatic rings. The third kappa shape index (κ3) is 4.59. The quantitative estimate of drug-likeness (QED) is 0.779. The monoisotopic (exact) mass is 433 g/mol. The Hall–Kier alpha value is -1.84. The molecule has 0 amide bonds. The van der Waals surface area contributed by atoms with Gasteiger partial charge in [0.15, 0.2) is 0 Å². The van der Waals surface area contributed by atoms with E-state index in [0.717, 1.165) is 17.8 Å². The summed E-state index contributed by atoms with van der Waals surface area (Å²) in [6.45, 7) is 2.48. The fraction of sp³-hybridized carbons (Fsp3) is 0.389. The van der Waals surface area contributed by atoms with Gasteiger partial charge in [0.05, 0.1) is 15.5 Å². The van der Waals surface area contributed by atoms with E-state index in [9.17, 15) is 21.6 Å². The molecule has 0 spiro atoms. The molecule has 152 valence electrons. The van der Waals surface area contributed by atoms with Gasteiger partial charge in [-0.25, -0.2) is 13.4 Å². The van der Waals surface area contributed by atoms with Gasteiger partial charge in [0.25, 0.3) is 0 Å². The van der Waals surface area contributed by atoms with Crippen molar-refractivity contribution in [1.82, 2.24) is 9.29 Å². The third-order valence-corrected chi connectivity index (χ3v) is 6.82. The number of aromatic nitrogens is 1. The molecular formula is C18H19ClF3N3O2S. The smallest absolute Gasteiger partial charge is 0.366 e. The predicted octanol–water partition coefficient (Wildman–Crippen LogP) is 4.33. The molecule has 1 N–H and O–H groups in total. The molecular weight excluding hydrogens is 415 g/mol. The first-order chi connectivity index (χ1) is 13.1. The Labute approximate surface area is 166 Å². The molecule has 0 unspecified atom stereocenters. The standard InChI is InChI=1S/C18H19ClF3N3O2S/c1-12-2-4-15(5-3-12)28(26,27)25-8-6-14(7-9-25)24-17-16(19)10-13(11-23-17)18(20,21)22/h2-5,10-11,14H,6-9H2,1H3,(H,23,24). The van der Waals surface area contributed by atoms with Gasteiger partial charge in [-0.1, -0.05) is 29.3 Å². The maximum Gasteiger partial charge on any atom is 0.417 e. The summed E-state index contributed by atoms with van der Waals surface area (Å²) in [6, 6.07) is 7.36. The summed E-state index contributed by atoms with van der Waals surface area (Å²) in [5.74, 6) is 0.162. The second kappa shape index (κ2) is 7.88. The Morgan fingerprint density at radius 3 is 2.32 bits per heavy atom. The number of nitrogens with zero attached hydrogens (tertiary/aromatic N) is 2. The number of hydrogen-bond donors (Lipinski definition) is 1. The van der Waals surface area contributed by atoms with Crippen LogP contribution in [0.1, 0.15) is 24.0 Å². The van der Waals surface area contributed by atoms with Gasteiger partial charge < -0.3 is 5.32 Å². The lowest BCUT2D eigenvalue weighted by molar-refractivity contribution is -0.137. The molecule has 0 bridgehead atoms. The van der Waals surface area contributed by atoms with Crippen LogP contribution in [0.15, 0.2) is 41.4 Å². The molecule has 0 aliphatic carbocycles. The predicted molar refractivity (Wildman–Crippen MR) is 101 cm³/mol. The maximum atomic E-state index is 12.7. The van der Waals surface area contributed by atoms with Crippen LogP contribution in [-0.2, 0) is 16.2 Å². The van der Waals surface area contributed by atoms with Crippen molar-refractivity contribution in [3.8, 4) is 0 Å². The molecule has 1 fully saturated rings. The molecule has 1 aromatic heterocycles. The normalized spacial score (nSPS) is 16.9. The van der Waals surface area contributed by atoms with Crippen molar-refractivity contribution in [2.24, 2.45) is 0 Å². The minimum atomic E-state index is -4.51. The van der Waals surface area contributed by atoms with Gasteiger partial charge in [-0.05, 0) is 38.0 Å². The number of hydrogen-bond acceptors (Lipinski definition) is 4. The van der Waals surface area contributed by atoms with Crippen LogP contribution in [0.4, 0.5) is 19.0 Å². The number of benzene rings is 1. The minimum Gasteiger partial charge on any atom is -0.366 e. The van der Waals surface area contributed by atoms with E-state index in [0.29, 0.717) is 25.9 Å². The molecule has 10 heteroatoms. The number of piperidine rings is 1. The van der Waals surface area contributed by atoms with Crippen LogP contribution < -0.4 is 5.32 Å². The zero-order valence-corrected chi connectivity index (χ0v) is 16.6. The van der Waals surface area contributed by atoms with E-state index in [2.05, 4.69) is 10.3 Å². The number of alkyl halides is 3. The van der Waals surface area contributed by atoms with E-state index in [1.54, 1.807) is 24.3 Å². The first-order valence-electron chi connectivity index (χ1n) is 8.63. The van der Waals surface area contributed by atoms with Crippen LogP contribution in [0.3, 0.4) is 0 Å². The van der Waals surface area contributed by atoms with Crippen LogP contribution in [-0.4, -0.2) is 36.8 Å².